The van der Waals surface area contributed by atoms with Crippen LogP contribution in [-0.4, -0.2) is 29.7 Å². The molecule has 3 nitrogen and oxygen atoms in total. The van der Waals surface area contributed by atoms with Crippen molar-refractivity contribution in [2.75, 3.05) is 13.1 Å². The zero-order valence-corrected chi connectivity index (χ0v) is 12.7. The molecule has 0 aliphatic carbocycles. The Morgan fingerprint density at radius 1 is 1.24 bits per heavy atom. The minimum absolute atomic E-state index is 0.0544. The van der Waals surface area contributed by atoms with Crippen molar-refractivity contribution < 1.29 is 9.59 Å². The number of ketones is 1. The number of carbonyl (C=O) groups excluding carboxylic acids is 2. The fraction of sp³-hybridized carbons (Fsp3) is 0.333. The molecule has 0 bridgehead atoms. The first-order valence-corrected chi connectivity index (χ1v) is 7.09. The SMILES string of the molecule is C=CCN1CC(=O)C(CC=C)(c2ccc(C)cc2C)C1=O. The first-order chi connectivity index (χ1) is 9.97. The Morgan fingerprint density at radius 2 is 1.95 bits per heavy atom. The molecule has 1 unspecified atom stereocenters. The molecule has 0 spiro atoms. The van der Waals surface area contributed by atoms with Gasteiger partial charge in [-0.05, 0) is 31.4 Å². The van der Waals surface area contributed by atoms with Crippen molar-refractivity contribution in [2.24, 2.45) is 0 Å². The van der Waals surface area contributed by atoms with Gasteiger partial charge in [0.2, 0.25) is 5.91 Å². The Balaban J connectivity index is 2.60. The van der Waals surface area contributed by atoms with Crippen LogP contribution in [0.5, 0.6) is 0 Å². The van der Waals surface area contributed by atoms with Gasteiger partial charge in [0.05, 0.1) is 6.54 Å². The summed E-state index contributed by atoms with van der Waals surface area (Å²) in [5, 5.41) is 0. The van der Waals surface area contributed by atoms with Gasteiger partial charge < -0.3 is 4.90 Å². The van der Waals surface area contributed by atoms with Gasteiger partial charge in [-0.1, -0.05) is 35.9 Å². The molecular formula is C18H21NO2. The Morgan fingerprint density at radius 3 is 2.52 bits per heavy atom. The topological polar surface area (TPSA) is 37.4 Å². The van der Waals surface area contributed by atoms with Crippen LogP contribution in [0.15, 0.2) is 43.5 Å². The molecule has 2 rings (SSSR count). The number of allylic oxidation sites excluding steroid dienone is 1. The van der Waals surface area contributed by atoms with E-state index in [0.29, 0.717) is 13.0 Å². The number of amides is 1. The lowest BCUT2D eigenvalue weighted by molar-refractivity contribution is -0.134. The van der Waals surface area contributed by atoms with Crippen LogP contribution < -0.4 is 0 Å². The predicted molar refractivity (Wildman–Crippen MR) is 84.2 cm³/mol. The number of hydrogen-bond donors (Lipinski definition) is 0. The summed E-state index contributed by atoms with van der Waals surface area (Å²) in [4.78, 5) is 27.1. The third kappa shape index (κ3) is 2.33. The number of rotatable bonds is 5. The molecule has 110 valence electrons. The quantitative estimate of drug-likeness (QED) is 0.615. The zero-order chi connectivity index (χ0) is 15.6. The van der Waals surface area contributed by atoms with Crippen molar-refractivity contribution >= 4 is 11.7 Å². The smallest absolute Gasteiger partial charge is 0.241 e. The monoisotopic (exact) mass is 283 g/mol. The van der Waals surface area contributed by atoms with Crippen molar-refractivity contribution in [3.05, 3.63) is 60.2 Å². The molecule has 1 aromatic carbocycles. The summed E-state index contributed by atoms with van der Waals surface area (Å²) in [5.41, 5.74) is 1.78. The second-order valence-electron chi connectivity index (χ2n) is 5.61. The molecule has 1 fully saturated rings. The van der Waals surface area contributed by atoms with Gasteiger partial charge in [0.25, 0.3) is 0 Å². The highest BCUT2D eigenvalue weighted by atomic mass is 16.2. The van der Waals surface area contributed by atoms with Crippen LogP contribution in [0.25, 0.3) is 0 Å². The number of nitrogens with zero attached hydrogens (tertiary/aromatic N) is 1. The van der Waals surface area contributed by atoms with Gasteiger partial charge in [-0.15, -0.1) is 13.2 Å². The number of hydrogen-bond acceptors (Lipinski definition) is 2. The Bertz CT molecular complexity index is 618. The molecule has 1 aliphatic heterocycles. The molecule has 0 N–H and O–H groups in total. The minimum Gasteiger partial charge on any atom is -0.330 e. The Hall–Kier alpha value is -2.16. The third-order valence-electron chi connectivity index (χ3n) is 4.10. The van der Waals surface area contributed by atoms with Gasteiger partial charge >= 0.3 is 0 Å². The van der Waals surface area contributed by atoms with E-state index in [1.165, 1.54) is 0 Å². The second kappa shape index (κ2) is 5.68. The molecule has 1 aliphatic rings. The molecule has 3 heteroatoms. The van der Waals surface area contributed by atoms with Gasteiger partial charge in [0, 0.05) is 6.54 Å². The average Bonchev–Trinajstić information content (AvgIpc) is 2.65. The van der Waals surface area contributed by atoms with E-state index in [0.717, 1.165) is 16.7 Å². The predicted octanol–water partition coefficient (Wildman–Crippen LogP) is 2.71. The van der Waals surface area contributed by atoms with Crippen molar-refractivity contribution in [2.45, 2.75) is 25.7 Å². The van der Waals surface area contributed by atoms with Crippen LogP contribution >= 0.6 is 0 Å². The fourth-order valence-electron chi connectivity index (χ4n) is 3.16. The van der Waals surface area contributed by atoms with E-state index < -0.39 is 5.41 Å². The fourth-order valence-corrected chi connectivity index (χ4v) is 3.16. The lowest BCUT2D eigenvalue weighted by Crippen LogP contribution is -2.41. The Labute approximate surface area is 126 Å². The maximum absolute atomic E-state index is 12.9. The van der Waals surface area contributed by atoms with Gasteiger partial charge in [-0.3, -0.25) is 9.59 Å². The van der Waals surface area contributed by atoms with Crippen LogP contribution in [0.2, 0.25) is 0 Å². The first-order valence-electron chi connectivity index (χ1n) is 7.09. The highest BCUT2D eigenvalue weighted by Gasteiger charge is 2.54. The van der Waals surface area contributed by atoms with Gasteiger partial charge in [-0.2, -0.15) is 0 Å². The van der Waals surface area contributed by atoms with Crippen LogP contribution in [-0.2, 0) is 15.0 Å². The van der Waals surface area contributed by atoms with Crippen LogP contribution in [0.1, 0.15) is 23.1 Å². The van der Waals surface area contributed by atoms with E-state index in [2.05, 4.69) is 13.2 Å². The number of aryl methyl sites for hydroxylation is 2. The molecule has 0 radical (unpaired) electrons. The number of Topliss-reactive ketones (excluding diaryl/α,β-unsaturated/α-hetero) is 1. The summed E-state index contributed by atoms with van der Waals surface area (Å²) in [6, 6.07) is 5.86. The van der Waals surface area contributed by atoms with E-state index >= 15 is 0 Å². The molecule has 1 saturated heterocycles. The molecule has 1 amide bonds. The van der Waals surface area contributed by atoms with Gasteiger partial charge in [-0.25, -0.2) is 0 Å². The summed E-state index contributed by atoms with van der Waals surface area (Å²) in [6.45, 7) is 11.9. The zero-order valence-electron chi connectivity index (χ0n) is 12.7. The van der Waals surface area contributed by atoms with Crippen LogP contribution in [0, 0.1) is 13.8 Å². The molecule has 0 aromatic heterocycles. The average molecular weight is 283 g/mol. The molecular weight excluding hydrogens is 262 g/mol. The summed E-state index contributed by atoms with van der Waals surface area (Å²) < 4.78 is 0. The maximum Gasteiger partial charge on any atom is 0.241 e. The normalized spacial score (nSPS) is 21.7. The largest absolute Gasteiger partial charge is 0.330 e. The summed E-state index contributed by atoms with van der Waals surface area (Å²) in [6.07, 6.45) is 3.64. The van der Waals surface area contributed by atoms with E-state index in [1.54, 1.807) is 17.1 Å². The molecule has 1 heterocycles. The van der Waals surface area contributed by atoms with Crippen LogP contribution in [0.3, 0.4) is 0 Å². The second-order valence-corrected chi connectivity index (χ2v) is 5.61. The lowest BCUT2D eigenvalue weighted by Gasteiger charge is -2.27. The number of benzene rings is 1. The van der Waals surface area contributed by atoms with Gasteiger partial charge in [0.15, 0.2) is 5.78 Å². The lowest BCUT2D eigenvalue weighted by atomic mass is 9.73. The highest BCUT2D eigenvalue weighted by Crippen LogP contribution is 2.38. The van der Waals surface area contributed by atoms with E-state index in [4.69, 9.17) is 0 Å². The van der Waals surface area contributed by atoms with Crippen LogP contribution in [0.4, 0.5) is 0 Å². The summed E-state index contributed by atoms with van der Waals surface area (Å²) >= 11 is 0. The highest BCUT2D eigenvalue weighted by molar-refractivity contribution is 6.18. The number of likely N-dealkylation sites (tertiary alicyclic amines) is 1. The molecule has 0 saturated carbocycles. The molecule has 1 atom stereocenters. The molecule has 21 heavy (non-hydrogen) atoms. The van der Waals surface area contributed by atoms with Gasteiger partial charge in [0.1, 0.15) is 5.41 Å². The van der Waals surface area contributed by atoms with E-state index in [1.807, 2.05) is 32.0 Å². The third-order valence-corrected chi connectivity index (χ3v) is 4.10. The summed E-state index contributed by atoms with van der Waals surface area (Å²) in [7, 11) is 0. The van der Waals surface area contributed by atoms with E-state index in [-0.39, 0.29) is 18.2 Å². The standard InChI is InChI=1S/C18H21NO2/c1-5-9-18(15-8-7-13(3)11-14(15)4)16(20)12-19(10-6-2)17(18)21/h5-8,11H,1-2,9-10,12H2,3-4H3. The number of carbonyl (C=O) groups is 2. The minimum atomic E-state index is -1.11. The Kier molecular flexibility index (Phi) is 4.12. The van der Waals surface area contributed by atoms with Crippen molar-refractivity contribution in [3.63, 3.8) is 0 Å². The van der Waals surface area contributed by atoms with Crippen molar-refractivity contribution in [1.82, 2.24) is 4.90 Å². The maximum atomic E-state index is 12.9. The van der Waals surface area contributed by atoms with Crippen molar-refractivity contribution in [3.8, 4) is 0 Å². The van der Waals surface area contributed by atoms with Crippen molar-refractivity contribution in [1.29, 1.82) is 0 Å². The first kappa shape index (κ1) is 15.2. The molecule has 1 aromatic rings. The summed E-state index contributed by atoms with van der Waals surface area (Å²) in [5.74, 6) is -0.194. The van der Waals surface area contributed by atoms with E-state index in [9.17, 15) is 9.59 Å².